The molecule has 3 unspecified atom stereocenters. The predicted octanol–water partition coefficient (Wildman–Crippen LogP) is 3.38. The fourth-order valence-electron chi connectivity index (χ4n) is 3.63. The maximum absolute atomic E-state index is 3.93. The van der Waals surface area contributed by atoms with Crippen molar-refractivity contribution in [2.24, 2.45) is 17.3 Å². The molecule has 1 saturated carbocycles. The Morgan fingerprint density at radius 2 is 1.83 bits per heavy atom. The number of hydrogen-bond donors (Lipinski definition) is 1. The summed E-state index contributed by atoms with van der Waals surface area (Å²) < 4.78 is 0. The topological polar surface area (TPSA) is 15.3 Å². The lowest BCUT2D eigenvalue weighted by atomic mass is 9.70. The molecule has 0 radical (unpaired) electrons. The molecular weight excluding hydrogens is 220 g/mol. The fourth-order valence-corrected chi connectivity index (χ4v) is 3.63. The van der Waals surface area contributed by atoms with Gasteiger partial charge in [0.25, 0.3) is 0 Å². The first-order chi connectivity index (χ1) is 8.19. The van der Waals surface area contributed by atoms with Crippen molar-refractivity contribution in [3.05, 3.63) is 0 Å². The Balaban J connectivity index is 2.57. The smallest absolute Gasteiger partial charge is 0.0220 e. The summed E-state index contributed by atoms with van der Waals surface area (Å²) in [7, 11) is 4.34. The number of likely N-dealkylation sites (N-methyl/N-ethyl adjacent to an activating group) is 1. The van der Waals surface area contributed by atoms with Crippen LogP contribution in [0.1, 0.15) is 53.9 Å². The summed E-state index contributed by atoms with van der Waals surface area (Å²) in [4.78, 5) is 2.30. The standard InChI is InChI=1S/C16H34N2/c1-12(2)15(11-18(6)7)17-14-8-13(3)9-16(4,5)10-14/h12-15,17H,8-11H2,1-7H3. The molecule has 0 saturated heterocycles. The van der Waals surface area contributed by atoms with E-state index in [4.69, 9.17) is 0 Å². The van der Waals surface area contributed by atoms with Gasteiger partial charge in [0, 0.05) is 18.6 Å². The van der Waals surface area contributed by atoms with E-state index in [0.29, 0.717) is 23.4 Å². The van der Waals surface area contributed by atoms with Crippen LogP contribution in [0.2, 0.25) is 0 Å². The molecular formula is C16H34N2. The van der Waals surface area contributed by atoms with Crippen LogP contribution in [0.5, 0.6) is 0 Å². The highest BCUT2D eigenvalue weighted by atomic mass is 15.1. The van der Waals surface area contributed by atoms with E-state index in [-0.39, 0.29) is 0 Å². The molecule has 1 aliphatic carbocycles. The first kappa shape index (κ1) is 16.0. The molecule has 0 aromatic carbocycles. The van der Waals surface area contributed by atoms with Gasteiger partial charge in [0.15, 0.2) is 0 Å². The molecule has 1 N–H and O–H groups in total. The maximum Gasteiger partial charge on any atom is 0.0220 e. The summed E-state index contributed by atoms with van der Waals surface area (Å²) in [5.74, 6) is 1.56. The summed E-state index contributed by atoms with van der Waals surface area (Å²) in [6, 6.07) is 1.32. The van der Waals surface area contributed by atoms with E-state index < -0.39 is 0 Å². The van der Waals surface area contributed by atoms with Crippen molar-refractivity contribution in [2.75, 3.05) is 20.6 Å². The first-order valence-corrected chi connectivity index (χ1v) is 7.60. The molecule has 0 aromatic rings. The molecule has 0 bridgehead atoms. The predicted molar refractivity (Wildman–Crippen MR) is 80.9 cm³/mol. The maximum atomic E-state index is 3.93. The molecule has 3 atom stereocenters. The molecule has 0 heterocycles. The van der Waals surface area contributed by atoms with E-state index in [0.717, 1.165) is 12.5 Å². The summed E-state index contributed by atoms with van der Waals surface area (Å²) >= 11 is 0. The third kappa shape index (κ3) is 5.27. The number of hydrogen-bond acceptors (Lipinski definition) is 2. The van der Waals surface area contributed by atoms with Crippen LogP contribution in [-0.2, 0) is 0 Å². The Labute approximate surface area is 115 Å². The minimum Gasteiger partial charge on any atom is -0.310 e. The van der Waals surface area contributed by atoms with E-state index in [1.807, 2.05) is 0 Å². The Morgan fingerprint density at radius 3 is 2.28 bits per heavy atom. The zero-order valence-electron chi connectivity index (χ0n) is 13.6. The van der Waals surface area contributed by atoms with Crippen LogP contribution >= 0.6 is 0 Å². The Hall–Kier alpha value is -0.0800. The van der Waals surface area contributed by atoms with Crippen molar-refractivity contribution in [2.45, 2.75) is 66.0 Å². The van der Waals surface area contributed by atoms with Gasteiger partial charge in [-0.05, 0) is 50.6 Å². The van der Waals surface area contributed by atoms with Crippen LogP contribution in [-0.4, -0.2) is 37.6 Å². The Bertz CT molecular complexity index is 245. The SMILES string of the molecule is CC1CC(NC(CN(C)C)C(C)C)CC(C)(C)C1. The number of nitrogens with zero attached hydrogens (tertiary/aromatic N) is 1. The van der Waals surface area contributed by atoms with E-state index in [9.17, 15) is 0 Å². The van der Waals surface area contributed by atoms with Gasteiger partial charge in [-0.15, -0.1) is 0 Å². The summed E-state index contributed by atoms with van der Waals surface area (Å²) in [6.45, 7) is 13.1. The van der Waals surface area contributed by atoms with Gasteiger partial charge in [0.2, 0.25) is 0 Å². The fraction of sp³-hybridized carbons (Fsp3) is 1.00. The lowest BCUT2D eigenvalue weighted by molar-refractivity contribution is 0.133. The van der Waals surface area contributed by atoms with E-state index in [1.54, 1.807) is 0 Å². The van der Waals surface area contributed by atoms with Gasteiger partial charge in [-0.2, -0.15) is 0 Å². The summed E-state index contributed by atoms with van der Waals surface area (Å²) in [5.41, 5.74) is 0.509. The molecule has 0 aliphatic heterocycles. The third-order valence-corrected chi connectivity index (χ3v) is 4.20. The highest BCUT2D eigenvalue weighted by molar-refractivity contribution is 4.89. The van der Waals surface area contributed by atoms with Crippen molar-refractivity contribution < 1.29 is 0 Å². The van der Waals surface area contributed by atoms with Crippen LogP contribution < -0.4 is 5.32 Å². The van der Waals surface area contributed by atoms with Crippen molar-refractivity contribution in [1.82, 2.24) is 10.2 Å². The first-order valence-electron chi connectivity index (χ1n) is 7.60. The molecule has 1 rings (SSSR count). The molecule has 2 nitrogen and oxygen atoms in total. The van der Waals surface area contributed by atoms with Gasteiger partial charge in [-0.1, -0.05) is 34.6 Å². The van der Waals surface area contributed by atoms with E-state index in [1.165, 1.54) is 19.3 Å². The highest BCUT2D eigenvalue weighted by Gasteiger charge is 2.33. The van der Waals surface area contributed by atoms with E-state index in [2.05, 4.69) is 58.9 Å². The highest BCUT2D eigenvalue weighted by Crippen LogP contribution is 2.38. The second kappa shape index (κ2) is 6.38. The Kier molecular flexibility index (Phi) is 5.67. The monoisotopic (exact) mass is 254 g/mol. The molecule has 18 heavy (non-hydrogen) atoms. The van der Waals surface area contributed by atoms with Crippen LogP contribution in [0, 0.1) is 17.3 Å². The summed E-state index contributed by atoms with van der Waals surface area (Å²) in [5, 5.41) is 3.93. The minimum absolute atomic E-state index is 0.509. The van der Waals surface area contributed by atoms with E-state index >= 15 is 0 Å². The zero-order chi connectivity index (χ0) is 13.9. The molecule has 2 heteroatoms. The molecule has 1 aliphatic rings. The van der Waals surface area contributed by atoms with Crippen LogP contribution in [0.15, 0.2) is 0 Å². The number of rotatable bonds is 5. The summed E-state index contributed by atoms with van der Waals surface area (Å²) in [6.07, 6.45) is 4.05. The Morgan fingerprint density at radius 1 is 1.22 bits per heavy atom. The lowest BCUT2D eigenvalue weighted by Crippen LogP contribution is -2.50. The average Bonchev–Trinajstić information content (AvgIpc) is 2.11. The molecule has 0 amide bonds. The second-order valence-electron chi connectivity index (χ2n) is 7.89. The van der Waals surface area contributed by atoms with Crippen LogP contribution in [0.25, 0.3) is 0 Å². The van der Waals surface area contributed by atoms with Gasteiger partial charge in [0.05, 0.1) is 0 Å². The van der Waals surface area contributed by atoms with Crippen LogP contribution in [0.4, 0.5) is 0 Å². The largest absolute Gasteiger partial charge is 0.310 e. The van der Waals surface area contributed by atoms with Crippen molar-refractivity contribution in [1.29, 1.82) is 0 Å². The van der Waals surface area contributed by atoms with Crippen molar-refractivity contribution >= 4 is 0 Å². The third-order valence-electron chi connectivity index (χ3n) is 4.20. The van der Waals surface area contributed by atoms with Gasteiger partial charge in [0.1, 0.15) is 0 Å². The van der Waals surface area contributed by atoms with Gasteiger partial charge in [-0.3, -0.25) is 0 Å². The average molecular weight is 254 g/mol. The molecule has 0 aromatic heterocycles. The van der Waals surface area contributed by atoms with Crippen molar-refractivity contribution in [3.63, 3.8) is 0 Å². The molecule has 1 fully saturated rings. The number of nitrogens with one attached hydrogen (secondary N) is 1. The zero-order valence-corrected chi connectivity index (χ0v) is 13.6. The molecule has 108 valence electrons. The second-order valence-corrected chi connectivity index (χ2v) is 7.89. The van der Waals surface area contributed by atoms with Crippen LogP contribution in [0.3, 0.4) is 0 Å². The lowest BCUT2D eigenvalue weighted by Gasteiger charge is -2.41. The quantitative estimate of drug-likeness (QED) is 0.809. The minimum atomic E-state index is 0.509. The normalized spacial score (nSPS) is 29.8. The van der Waals surface area contributed by atoms with Gasteiger partial charge < -0.3 is 10.2 Å². The van der Waals surface area contributed by atoms with Crippen molar-refractivity contribution in [3.8, 4) is 0 Å². The van der Waals surface area contributed by atoms with Gasteiger partial charge >= 0.3 is 0 Å². The molecule has 0 spiro atoms. The van der Waals surface area contributed by atoms with Gasteiger partial charge in [-0.25, -0.2) is 0 Å².